The van der Waals surface area contributed by atoms with Crippen molar-refractivity contribution in [2.75, 3.05) is 6.54 Å². The van der Waals surface area contributed by atoms with Crippen LogP contribution < -0.4 is 4.72 Å². The lowest BCUT2D eigenvalue weighted by Crippen LogP contribution is -2.26. The van der Waals surface area contributed by atoms with Crippen LogP contribution in [0.25, 0.3) is 0 Å². The van der Waals surface area contributed by atoms with Crippen LogP contribution in [0.4, 0.5) is 0 Å². The van der Waals surface area contributed by atoms with Crippen molar-refractivity contribution in [2.24, 2.45) is 0 Å². The van der Waals surface area contributed by atoms with Crippen LogP contribution in [0.15, 0.2) is 23.1 Å². The predicted molar refractivity (Wildman–Crippen MR) is 67.4 cm³/mol. The van der Waals surface area contributed by atoms with Crippen LogP contribution in [0.1, 0.15) is 24.5 Å². The van der Waals surface area contributed by atoms with E-state index in [2.05, 4.69) is 4.72 Å². The van der Waals surface area contributed by atoms with Gasteiger partial charge < -0.3 is 5.11 Å². The normalized spacial score (nSPS) is 13.6. The molecule has 0 radical (unpaired) electrons. The number of benzene rings is 1. The van der Waals surface area contributed by atoms with Crippen molar-refractivity contribution >= 4 is 10.0 Å². The van der Waals surface area contributed by atoms with Crippen molar-refractivity contribution < 1.29 is 13.5 Å². The average Bonchev–Trinajstić information content (AvgIpc) is 2.21. The second-order valence-corrected chi connectivity index (χ2v) is 6.05. The van der Waals surface area contributed by atoms with Gasteiger partial charge in [0.1, 0.15) is 0 Å². The smallest absolute Gasteiger partial charge is 0.240 e. The summed E-state index contributed by atoms with van der Waals surface area (Å²) >= 11 is 0. The van der Waals surface area contributed by atoms with Crippen molar-refractivity contribution in [3.8, 4) is 0 Å². The second-order valence-electron chi connectivity index (χ2n) is 4.28. The molecule has 0 saturated heterocycles. The third-order valence-corrected chi connectivity index (χ3v) is 4.10. The molecule has 5 heteroatoms. The molecule has 0 saturated carbocycles. The van der Waals surface area contributed by atoms with Gasteiger partial charge in [-0.1, -0.05) is 6.07 Å². The number of aliphatic hydroxyl groups is 1. The molecule has 1 unspecified atom stereocenters. The van der Waals surface area contributed by atoms with Crippen molar-refractivity contribution in [3.05, 3.63) is 29.3 Å². The highest BCUT2D eigenvalue weighted by Crippen LogP contribution is 2.14. The van der Waals surface area contributed by atoms with Gasteiger partial charge in [-0.15, -0.1) is 0 Å². The highest BCUT2D eigenvalue weighted by molar-refractivity contribution is 7.89. The Kier molecular flexibility index (Phi) is 4.68. The first-order valence-electron chi connectivity index (χ1n) is 5.58. The molecule has 0 aliphatic rings. The summed E-state index contributed by atoms with van der Waals surface area (Å²) < 4.78 is 26.2. The summed E-state index contributed by atoms with van der Waals surface area (Å²) in [5.74, 6) is 0. The van der Waals surface area contributed by atoms with Gasteiger partial charge in [-0.25, -0.2) is 13.1 Å². The van der Waals surface area contributed by atoms with Gasteiger partial charge in [0.15, 0.2) is 0 Å². The number of aryl methyl sites for hydroxylation is 2. The molecule has 0 heterocycles. The third-order valence-electron chi connectivity index (χ3n) is 2.64. The minimum atomic E-state index is -3.46. The fraction of sp³-hybridized carbons (Fsp3) is 0.500. The van der Waals surface area contributed by atoms with Gasteiger partial charge in [-0.2, -0.15) is 0 Å². The SMILES string of the molecule is Cc1ccc(S(=O)(=O)NCCC(C)O)cc1C. The first kappa shape index (κ1) is 14.2. The zero-order valence-corrected chi connectivity index (χ0v) is 11.2. The maximum absolute atomic E-state index is 11.9. The van der Waals surface area contributed by atoms with Crippen LogP contribution in [0.3, 0.4) is 0 Å². The first-order chi connectivity index (χ1) is 7.83. The molecule has 1 aromatic rings. The minimum absolute atomic E-state index is 0.243. The lowest BCUT2D eigenvalue weighted by Gasteiger charge is -2.09. The molecule has 4 nitrogen and oxygen atoms in total. The highest BCUT2D eigenvalue weighted by atomic mass is 32.2. The van der Waals surface area contributed by atoms with Crippen LogP contribution in [0.2, 0.25) is 0 Å². The molecule has 17 heavy (non-hydrogen) atoms. The topological polar surface area (TPSA) is 66.4 Å². The zero-order valence-electron chi connectivity index (χ0n) is 10.4. The Bertz CT molecular complexity index is 481. The van der Waals surface area contributed by atoms with Crippen molar-refractivity contribution in [2.45, 2.75) is 38.2 Å². The highest BCUT2D eigenvalue weighted by Gasteiger charge is 2.14. The van der Waals surface area contributed by atoms with Crippen LogP contribution >= 0.6 is 0 Å². The van der Waals surface area contributed by atoms with E-state index in [1.54, 1.807) is 25.1 Å². The van der Waals surface area contributed by atoms with Crippen LogP contribution in [-0.4, -0.2) is 26.2 Å². The number of hydrogen-bond donors (Lipinski definition) is 2. The Labute approximate surface area is 103 Å². The van der Waals surface area contributed by atoms with Crippen molar-refractivity contribution in [3.63, 3.8) is 0 Å². The summed E-state index contributed by atoms with van der Waals surface area (Å²) in [7, 11) is -3.46. The predicted octanol–water partition coefficient (Wildman–Crippen LogP) is 1.35. The van der Waals surface area contributed by atoms with E-state index in [4.69, 9.17) is 5.11 Å². The van der Waals surface area contributed by atoms with Gasteiger partial charge in [-0.3, -0.25) is 0 Å². The summed E-state index contributed by atoms with van der Waals surface area (Å²) in [5, 5.41) is 9.07. The second kappa shape index (κ2) is 5.62. The summed E-state index contributed by atoms with van der Waals surface area (Å²) in [6.07, 6.45) is -0.0955. The third kappa shape index (κ3) is 4.11. The number of rotatable bonds is 5. The molecule has 0 spiro atoms. The van der Waals surface area contributed by atoms with E-state index in [9.17, 15) is 8.42 Å². The van der Waals surface area contributed by atoms with Crippen molar-refractivity contribution in [1.82, 2.24) is 4.72 Å². The maximum Gasteiger partial charge on any atom is 0.240 e. The molecule has 0 aliphatic heterocycles. The molecule has 2 N–H and O–H groups in total. The summed E-state index contributed by atoms with van der Waals surface area (Å²) in [5.41, 5.74) is 2.01. The molecule has 1 rings (SSSR count). The summed E-state index contributed by atoms with van der Waals surface area (Å²) in [6.45, 7) is 5.69. The van der Waals surface area contributed by atoms with Gasteiger partial charge in [0.25, 0.3) is 0 Å². The molecule has 0 aromatic heterocycles. The number of aliphatic hydroxyl groups excluding tert-OH is 1. The van der Waals surface area contributed by atoms with Gasteiger partial charge >= 0.3 is 0 Å². The fourth-order valence-electron chi connectivity index (χ4n) is 1.37. The standard InChI is InChI=1S/C12H19NO3S/c1-9-4-5-12(8-10(9)2)17(15,16)13-7-6-11(3)14/h4-5,8,11,13-14H,6-7H2,1-3H3. The molecular formula is C12H19NO3S. The monoisotopic (exact) mass is 257 g/mol. The molecule has 0 amide bonds. The molecular weight excluding hydrogens is 238 g/mol. The van der Waals surface area contributed by atoms with E-state index in [-0.39, 0.29) is 11.4 Å². The lowest BCUT2D eigenvalue weighted by molar-refractivity contribution is 0.186. The average molecular weight is 257 g/mol. The maximum atomic E-state index is 11.9. The van der Waals surface area contributed by atoms with E-state index in [1.807, 2.05) is 13.8 Å². The van der Waals surface area contributed by atoms with E-state index in [0.29, 0.717) is 6.42 Å². The van der Waals surface area contributed by atoms with E-state index >= 15 is 0 Å². The first-order valence-corrected chi connectivity index (χ1v) is 7.06. The molecule has 0 bridgehead atoms. The fourth-order valence-corrected chi connectivity index (χ4v) is 2.50. The molecule has 0 aliphatic carbocycles. The van der Waals surface area contributed by atoms with Crippen LogP contribution in [-0.2, 0) is 10.0 Å². The quantitative estimate of drug-likeness (QED) is 0.837. The minimum Gasteiger partial charge on any atom is -0.393 e. The number of sulfonamides is 1. The lowest BCUT2D eigenvalue weighted by atomic mass is 10.1. The summed E-state index contributed by atoms with van der Waals surface area (Å²) in [4.78, 5) is 0.270. The van der Waals surface area contributed by atoms with Gasteiger partial charge in [0.2, 0.25) is 10.0 Å². The van der Waals surface area contributed by atoms with Crippen molar-refractivity contribution in [1.29, 1.82) is 0 Å². The van der Waals surface area contributed by atoms with Gasteiger partial charge in [0.05, 0.1) is 11.0 Å². The largest absolute Gasteiger partial charge is 0.393 e. The Morgan fingerprint density at radius 2 is 1.94 bits per heavy atom. The number of hydrogen-bond acceptors (Lipinski definition) is 3. The number of nitrogens with one attached hydrogen (secondary N) is 1. The Morgan fingerprint density at radius 3 is 2.47 bits per heavy atom. The van der Waals surface area contributed by atoms with E-state index < -0.39 is 16.1 Å². The van der Waals surface area contributed by atoms with E-state index in [1.165, 1.54) is 0 Å². The Morgan fingerprint density at radius 1 is 1.29 bits per heavy atom. The van der Waals surface area contributed by atoms with Crippen LogP contribution in [0, 0.1) is 13.8 Å². The Balaban J connectivity index is 2.79. The van der Waals surface area contributed by atoms with Gasteiger partial charge in [0, 0.05) is 6.54 Å². The van der Waals surface area contributed by atoms with E-state index in [0.717, 1.165) is 11.1 Å². The zero-order chi connectivity index (χ0) is 13.1. The molecule has 96 valence electrons. The summed E-state index contributed by atoms with van der Waals surface area (Å²) in [6, 6.07) is 5.03. The molecule has 1 aromatic carbocycles. The molecule has 1 atom stereocenters. The van der Waals surface area contributed by atoms with Crippen LogP contribution in [0.5, 0.6) is 0 Å². The molecule has 0 fully saturated rings. The Hall–Kier alpha value is -0.910. The van der Waals surface area contributed by atoms with Gasteiger partial charge in [-0.05, 0) is 50.5 Å².